The molecule has 0 spiro atoms. The second kappa shape index (κ2) is 9.23. The number of non-ortho nitro benzene ring substituents is 1. The number of anilines is 1. The summed E-state index contributed by atoms with van der Waals surface area (Å²) in [5, 5.41) is 18.3. The molecule has 33 heavy (non-hydrogen) atoms. The standard InChI is InChI=1S/C24H25N5O4/c1-16-5-7-18(8-6-16)24(31)27-13-3-4-19(15-27)23(30)25-22-14-17(2)26-28(22)20-9-11-21(12-10-20)29(32)33/h5-12,14,19H,3-4,13,15H2,1-2H3,(H,25,30). The lowest BCUT2D eigenvalue weighted by atomic mass is 9.96. The molecule has 1 fully saturated rings. The van der Waals surface area contributed by atoms with E-state index in [2.05, 4.69) is 10.4 Å². The van der Waals surface area contributed by atoms with E-state index in [0.717, 1.165) is 12.0 Å². The molecule has 0 bridgehead atoms. The minimum absolute atomic E-state index is 0.0197. The Morgan fingerprint density at radius 2 is 1.79 bits per heavy atom. The van der Waals surface area contributed by atoms with Gasteiger partial charge in [0, 0.05) is 36.9 Å². The number of aryl methyl sites for hydroxylation is 2. The summed E-state index contributed by atoms with van der Waals surface area (Å²) in [4.78, 5) is 38.1. The molecule has 2 amide bonds. The largest absolute Gasteiger partial charge is 0.338 e. The average molecular weight is 447 g/mol. The Hall–Kier alpha value is -4.01. The summed E-state index contributed by atoms with van der Waals surface area (Å²) in [7, 11) is 0. The first-order chi connectivity index (χ1) is 15.8. The van der Waals surface area contributed by atoms with E-state index in [1.54, 1.807) is 34.7 Å². The van der Waals surface area contributed by atoms with Gasteiger partial charge >= 0.3 is 0 Å². The van der Waals surface area contributed by atoms with Crippen LogP contribution in [-0.2, 0) is 4.79 Å². The molecule has 2 heterocycles. The van der Waals surface area contributed by atoms with E-state index >= 15 is 0 Å². The lowest BCUT2D eigenvalue weighted by Gasteiger charge is -2.32. The zero-order chi connectivity index (χ0) is 23.5. The second-order valence-corrected chi connectivity index (χ2v) is 8.30. The molecular weight excluding hydrogens is 422 g/mol. The van der Waals surface area contributed by atoms with Gasteiger partial charge in [-0.3, -0.25) is 19.7 Å². The smallest absolute Gasteiger partial charge is 0.269 e. The molecule has 1 atom stereocenters. The molecule has 1 unspecified atom stereocenters. The summed E-state index contributed by atoms with van der Waals surface area (Å²) < 4.78 is 1.55. The predicted molar refractivity (Wildman–Crippen MR) is 123 cm³/mol. The summed E-state index contributed by atoms with van der Waals surface area (Å²) in [5.41, 5.74) is 2.98. The van der Waals surface area contributed by atoms with Crippen molar-refractivity contribution in [1.29, 1.82) is 0 Å². The third-order valence-corrected chi connectivity index (χ3v) is 5.77. The topological polar surface area (TPSA) is 110 Å². The number of nitrogens with zero attached hydrogens (tertiary/aromatic N) is 4. The van der Waals surface area contributed by atoms with Crippen molar-refractivity contribution in [3.8, 4) is 5.69 Å². The van der Waals surface area contributed by atoms with E-state index in [0.29, 0.717) is 42.3 Å². The van der Waals surface area contributed by atoms with Gasteiger partial charge in [0.05, 0.1) is 22.2 Å². The minimum Gasteiger partial charge on any atom is -0.338 e. The molecule has 3 aromatic rings. The van der Waals surface area contributed by atoms with Crippen LogP contribution in [0.2, 0.25) is 0 Å². The Morgan fingerprint density at radius 1 is 1.09 bits per heavy atom. The van der Waals surface area contributed by atoms with Crippen LogP contribution in [0.1, 0.15) is 34.5 Å². The highest BCUT2D eigenvalue weighted by molar-refractivity contribution is 5.96. The lowest BCUT2D eigenvalue weighted by molar-refractivity contribution is -0.384. The molecule has 0 saturated carbocycles. The van der Waals surface area contributed by atoms with Crippen molar-refractivity contribution in [2.45, 2.75) is 26.7 Å². The molecule has 1 aliphatic heterocycles. The monoisotopic (exact) mass is 447 g/mol. The highest BCUT2D eigenvalue weighted by Gasteiger charge is 2.29. The molecule has 9 nitrogen and oxygen atoms in total. The quantitative estimate of drug-likeness (QED) is 0.471. The Labute approximate surface area is 191 Å². The molecule has 1 N–H and O–H groups in total. The van der Waals surface area contributed by atoms with Gasteiger partial charge in [0.2, 0.25) is 5.91 Å². The first-order valence-corrected chi connectivity index (χ1v) is 10.8. The van der Waals surface area contributed by atoms with Crippen LogP contribution in [-0.4, -0.2) is 44.5 Å². The van der Waals surface area contributed by atoms with Crippen LogP contribution in [0.15, 0.2) is 54.6 Å². The second-order valence-electron chi connectivity index (χ2n) is 8.30. The Bertz CT molecular complexity index is 1180. The number of hydrogen-bond acceptors (Lipinski definition) is 5. The molecule has 1 saturated heterocycles. The summed E-state index contributed by atoms with van der Waals surface area (Å²) in [6.07, 6.45) is 1.44. The Morgan fingerprint density at radius 3 is 2.45 bits per heavy atom. The molecule has 0 radical (unpaired) electrons. The lowest BCUT2D eigenvalue weighted by Crippen LogP contribution is -2.43. The van der Waals surface area contributed by atoms with Gasteiger partial charge < -0.3 is 10.2 Å². The van der Waals surface area contributed by atoms with Gasteiger partial charge in [-0.15, -0.1) is 0 Å². The number of benzene rings is 2. The molecule has 170 valence electrons. The fourth-order valence-corrected chi connectivity index (χ4v) is 3.98. The summed E-state index contributed by atoms with van der Waals surface area (Å²) in [6.45, 7) is 4.75. The number of nitro groups is 1. The third-order valence-electron chi connectivity index (χ3n) is 5.77. The number of nitro benzene ring substituents is 1. The third kappa shape index (κ3) is 4.92. The van der Waals surface area contributed by atoms with Gasteiger partial charge in [0.15, 0.2) is 0 Å². The van der Waals surface area contributed by atoms with Crippen LogP contribution >= 0.6 is 0 Å². The average Bonchev–Trinajstić information content (AvgIpc) is 3.19. The van der Waals surface area contributed by atoms with E-state index in [4.69, 9.17) is 0 Å². The maximum atomic E-state index is 13.1. The van der Waals surface area contributed by atoms with Crippen LogP contribution in [0.3, 0.4) is 0 Å². The first-order valence-electron chi connectivity index (χ1n) is 10.8. The van der Waals surface area contributed by atoms with Gasteiger partial charge in [0.25, 0.3) is 11.6 Å². The molecule has 0 aliphatic carbocycles. The van der Waals surface area contributed by atoms with E-state index in [9.17, 15) is 19.7 Å². The van der Waals surface area contributed by atoms with Crippen molar-refractivity contribution in [2.24, 2.45) is 5.92 Å². The van der Waals surface area contributed by atoms with Crippen molar-refractivity contribution >= 4 is 23.3 Å². The van der Waals surface area contributed by atoms with E-state index in [1.165, 1.54) is 12.1 Å². The van der Waals surface area contributed by atoms with E-state index in [-0.39, 0.29) is 23.4 Å². The summed E-state index contributed by atoms with van der Waals surface area (Å²) in [6, 6.07) is 15.1. The summed E-state index contributed by atoms with van der Waals surface area (Å²) in [5.74, 6) is -0.110. The predicted octanol–water partition coefficient (Wildman–Crippen LogP) is 3.89. The first kappa shape index (κ1) is 22.2. The fourth-order valence-electron chi connectivity index (χ4n) is 3.98. The number of aromatic nitrogens is 2. The van der Waals surface area contributed by atoms with Crippen molar-refractivity contribution in [2.75, 3.05) is 18.4 Å². The molecule has 2 aromatic carbocycles. The highest BCUT2D eigenvalue weighted by Crippen LogP contribution is 2.23. The molecule has 1 aliphatic rings. The zero-order valence-corrected chi connectivity index (χ0v) is 18.5. The number of rotatable bonds is 5. The van der Waals surface area contributed by atoms with Gasteiger partial charge in [0.1, 0.15) is 5.82 Å². The number of piperidine rings is 1. The Balaban J connectivity index is 1.47. The number of carbonyl (C=O) groups excluding carboxylic acids is 2. The maximum absolute atomic E-state index is 13.1. The van der Waals surface area contributed by atoms with Gasteiger partial charge in [-0.25, -0.2) is 4.68 Å². The summed E-state index contributed by atoms with van der Waals surface area (Å²) >= 11 is 0. The van der Waals surface area contributed by atoms with Crippen LogP contribution in [0.4, 0.5) is 11.5 Å². The van der Waals surface area contributed by atoms with Crippen LogP contribution in [0.5, 0.6) is 0 Å². The number of nitrogens with one attached hydrogen (secondary N) is 1. The van der Waals surface area contributed by atoms with E-state index < -0.39 is 4.92 Å². The van der Waals surface area contributed by atoms with Crippen LogP contribution in [0.25, 0.3) is 5.69 Å². The Kier molecular flexibility index (Phi) is 6.21. The molecule has 4 rings (SSSR count). The van der Waals surface area contributed by atoms with Gasteiger partial charge in [-0.05, 0) is 51.0 Å². The highest BCUT2D eigenvalue weighted by atomic mass is 16.6. The van der Waals surface area contributed by atoms with Crippen molar-refractivity contribution in [3.63, 3.8) is 0 Å². The van der Waals surface area contributed by atoms with E-state index in [1.807, 2.05) is 31.2 Å². The maximum Gasteiger partial charge on any atom is 0.269 e. The number of likely N-dealkylation sites (tertiary alicyclic amines) is 1. The zero-order valence-electron chi connectivity index (χ0n) is 18.5. The van der Waals surface area contributed by atoms with Crippen LogP contribution < -0.4 is 5.32 Å². The normalized spacial score (nSPS) is 15.8. The van der Waals surface area contributed by atoms with Crippen molar-refractivity contribution < 1.29 is 14.5 Å². The number of hydrogen-bond donors (Lipinski definition) is 1. The van der Waals surface area contributed by atoms with Crippen molar-refractivity contribution in [3.05, 3.63) is 81.5 Å². The molecular formula is C24H25N5O4. The number of amides is 2. The SMILES string of the molecule is Cc1ccc(C(=O)N2CCCC(C(=O)Nc3cc(C)nn3-c3ccc([N+](=O)[O-])cc3)C2)cc1. The van der Waals surface area contributed by atoms with Crippen molar-refractivity contribution in [1.82, 2.24) is 14.7 Å². The van der Waals surface area contributed by atoms with Gasteiger partial charge in [-0.1, -0.05) is 17.7 Å². The molecule has 9 heteroatoms. The van der Waals surface area contributed by atoms with Crippen LogP contribution in [0, 0.1) is 29.9 Å². The fraction of sp³-hybridized carbons (Fsp3) is 0.292. The van der Waals surface area contributed by atoms with Gasteiger partial charge in [-0.2, -0.15) is 5.10 Å². The minimum atomic E-state index is -0.465. The number of carbonyl (C=O) groups is 2. The molecule has 1 aromatic heterocycles.